The highest BCUT2D eigenvalue weighted by Gasteiger charge is 2.26. The Morgan fingerprint density at radius 2 is 2.22 bits per heavy atom. The molecule has 1 aromatic rings. The fourth-order valence-corrected chi connectivity index (χ4v) is 2.36. The third kappa shape index (κ3) is 10.8. The lowest BCUT2D eigenvalue weighted by Crippen LogP contribution is -2.31. The normalized spacial score (nSPS) is 12.7. The van der Waals surface area contributed by atoms with E-state index in [1.165, 1.54) is 31.1 Å². The van der Waals surface area contributed by atoms with Gasteiger partial charge in [0.25, 0.3) is 6.54 Å². The van der Waals surface area contributed by atoms with Gasteiger partial charge in [0.15, 0.2) is 11.8 Å². The average molecular weight is 408 g/mol. The lowest BCUT2D eigenvalue weighted by atomic mass is 10.5. The van der Waals surface area contributed by atoms with Crippen molar-refractivity contribution in [1.29, 1.82) is 0 Å². The number of nitrogens with one attached hydrogen (secondary N) is 2. The summed E-state index contributed by atoms with van der Waals surface area (Å²) in [5.41, 5.74) is 5.38. The summed E-state index contributed by atoms with van der Waals surface area (Å²) >= 11 is 1.47. The molecule has 0 atom stereocenters. The molecule has 0 aliphatic heterocycles. The number of anilines is 1. The maximum atomic E-state index is 12.1. The molecule has 27 heavy (non-hydrogen) atoms. The first-order valence-electron chi connectivity index (χ1n) is 7.54. The van der Waals surface area contributed by atoms with Crippen LogP contribution in [0.3, 0.4) is 0 Å². The Labute approximate surface area is 157 Å². The molecule has 0 saturated heterocycles. The van der Waals surface area contributed by atoms with Gasteiger partial charge in [-0.05, 0) is 6.07 Å². The van der Waals surface area contributed by atoms with E-state index in [4.69, 9.17) is 5.73 Å². The van der Waals surface area contributed by atoms with Crippen LogP contribution in [-0.2, 0) is 5.75 Å². The summed E-state index contributed by atoms with van der Waals surface area (Å²) in [6.07, 6.45) is -2.99. The molecule has 1 rings (SSSR count). The molecular weight excluding hydrogens is 389 g/mol. The van der Waals surface area contributed by atoms with E-state index in [-0.39, 0.29) is 18.2 Å². The molecular formula is C13H19F3N8O2S. The summed E-state index contributed by atoms with van der Waals surface area (Å²) in [5, 5.41) is 15.8. The molecule has 1 aromatic heterocycles. The predicted molar refractivity (Wildman–Crippen MR) is 97.6 cm³/mol. The molecule has 4 N–H and O–H groups in total. The molecule has 0 aliphatic rings. The number of thioether (sulfide) groups is 1. The number of hydrogen-bond donors (Lipinski definition) is 3. The van der Waals surface area contributed by atoms with Crippen molar-refractivity contribution in [3.8, 4) is 0 Å². The SMILES string of the molecule is CN=C(C[N+](=O)[O-])NCCSCc1nccc(NC(N)=NCC(F)(F)F)n1. The number of hydrogen-bond acceptors (Lipinski definition) is 7. The molecule has 14 heteroatoms. The van der Waals surface area contributed by atoms with Gasteiger partial charge in [0, 0.05) is 30.5 Å². The Bertz CT molecular complexity index is 684. The van der Waals surface area contributed by atoms with Crippen molar-refractivity contribution in [2.45, 2.75) is 11.9 Å². The number of amidine groups is 1. The number of halogens is 3. The maximum absolute atomic E-state index is 12.1. The molecule has 0 amide bonds. The summed E-state index contributed by atoms with van der Waals surface area (Å²) < 4.78 is 36.3. The van der Waals surface area contributed by atoms with Crippen LogP contribution in [0, 0.1) is 10.1 Å². The van der Waals surface area contributed by atoms with Gasteiger partial charge >= 0.3 is 6.18 Å². The van der Waals surface area contributed by atoms with E-state index in [0.717, 1.165) is 0 Å². The standard InChI is InChI=1S/C13H19F3N8O2S/c1-18-10(6-24(25)26)20-4-5-27-7-11-19-3-2-9(22-11)23-12(17)21-8-13(14,15)16/h2-3H,4-8H2,1H3,(H,18,20)(H3,17,19,21,22,23). The van der Waals surface area contributed by atoms with E-state index in [2.05, 4.69) is 30.6 Å². The molecule has 0 aliphatic carbocycles. The van der Waals surface area contributed by atoms with Crippen molar-refractivity contribution < 1.29 is 18.1 Å². The summed E-state index contributed by atoms with van der Waals surface area (Å²) in [6.45, 7) is -1.28. The Balaban J connectivity index is 2.41. The van der Waals surface area contributed by atoms with Crippen molar-refractivity contribution in [3.05, 3.63) is 28.2 Å². The second-order valence-electron chi connectivity index (χ2n) is 4.94. The molecule has 0 bridgehead atoms. The molecule has 0 unspecified atom stereocenters. The number of nitro groups is 1. The quantitative estimate of drug-likeness (QED) is 0.180. The first-order chi connectivity index (χ1) is 12.7. The zero-order valence-electron chi connectivity index (χ0n) is 14.4. The van der Waals surface area contributed by atoms with Crippen LogP contribution in [0.1, 0.15) is 5.82 Å². The van der Waals surface area contributed by atoms with Gasteiger partial charge in [-0.2, -0.15) is 24.9 Å². The maximum Gasteiger partial charge on any atom is 0.408 e. The zero-order valence-corrected chi connectivity index (χ0v) is 15.2. The first kappa shape index (κ1) is 22.4. The minimum absolute atomic E-state index is 0.230. The second kappa shape index (κ2) is 11.2. The van der Waals surface area contributed by atoms with Crippen molar-refractivity contribution in [1.82, 2.24) is 15.3 Å². The molecule has 0 saturated carbocycles. The molecule has 10 nitrogen and oxygen atoms in total. The Hall–Kier alpha value is -2.64. The van der Waals surface area contributed by atoms with Crippen molar-refractivity contribution in [2.75, 3.05) is 37.8 Å². The van der Waals surface area contributed by atoms with Crippen LogP contribution in [0.25, 0.3) is 0 Å². The number of aromatic nitrogens is 2. The third-order valence-corrected chi connectivity index (χ3v) is 3.70. The van der Waals surface area contributed by atoms with E-state index in [0.29, 0.717) is 23.9 Å². The summed E-state index contributed by atoms with van der Waals surface area (Å²) in [4.78, 5) is 25.1. The van der Waals surface area contributed by atoms with Crippen LogP contribution in [0.5, 0.6) is 0 Å². The smallest absolute Gasteiger partial charge is 0.370 e. The van der Waals surface area contributed by atoms with Gasteiger partial charge in [0.2, 0.25) is 0 Å². The van der Waals surface area contributed by atoms with Gasteiger partial charge in [0.1, 0.15) is 18.2 Å². The number of nitrogens with two attached hydrogens (primary N) is 1. The fourth-order valence-electron chi connectivity index (χ4n) is 1.64. The van der Waals surface area contributed by atoms with Gasteiger partial charge in [-0.3, -0.25) is 15.1 Å². The van der Waals surface area contributed by atoms with Gasteiger partial charge in [-0.1, -0.05) is 0 Å². The lowest BCUT2D eigenvalue weighted by Gasteiger charge is -2.08. The number of guanidine groups is 1. The van der Waals surface area contributed by atoms with Crippen LogP contribution in [0.2, 0.25) is 0 Å². The average Bonchev–Trinajstić information content (AvgIpc) is 2.58. The Kier molecular flexibility index (Phi) is 9.25. The molecule has 0 fully saturated rings. The van der Waals surface area contributed by atoms with Crippen molar-refractivity contribution >= 4 is 29.4 Å². The molecule has 1 heterocycles. The van der Waals surface area contributed by atoms with Crippen LogP contribution >= 0.6 is 11.8 Å². The highest BCUT2D eigenvalue weighted by Crippen LogP contribution is 2.14. The number of aliphatic imine (C=N–C) groups is 2. The Morgan fingerprint density at radius 1 is 1.48 bits per heavy atom. The zero-order chi connectivity index (χ0) is 20.3. The minimum atomic E-state index is -4.43. The van der Waals surface area contributed by atoms with Crippen LogP contribution in [-0.4, -0.2) is 65.3 Å². The highest BCUT2D eigenvalue weighted by molar-refractivity contribution is 7.98. The summed E-state index contributed by atoms with van der Waals surface area (Å²) in [5.74, 6) is 1.62. The molecule has 0 radical (unpaired) electrons. The van der Waals surface area contributed by atoms with Crippen LogP contribution in [0.15, 0.2) is 22.2 Å². The van der Waals surface area contributed by atoms with E-state index in [1.807, 2.05) is 0 Å². The molecule has 150 valence electrons. The predicted octanol–water partition coefficient (Wildman–Crippen LogP) is 0.893. The van der Waals surface area contributed by atoms with E-state index in [9.17, 15) is 23.3 Å². The topological polar surface area (TPSA) is 144 Å². The van der Waals surface area contributed by atoms with Gasteiger partial charge in [-0.25, -0.2) is 15.0 Å². The number of alkyl halides is 3. The summed E-state index contributed by atoms with van der Waals surface area (Å²) in [7, 11) is 1.47. The van der Waals surface area contributed by atoms with Gasteiger partial charge < -0.3 is 16.4 Å². The summed E-state index contributed by atoms with van der Waals surface area (Å²) in [6, 6.07) is 1.45. The van der Waals surface area contributed by atoms with Crippen molar-refractivity contribution in [2.24, 2.45) is 15.7 Å². The largest absolute Gasteiger partial charge is 0.408 e. The molecule has 0 aromatic carbocycles. The van der Waals surface area contributed by atoms with Crippen LogP contribution < -0.4 is 16.4 Å². The van der Waals surface area contributed by atoms with E-state index in [1.54, 1.807) is 0 Å². The molecule has 0 spiro atoms. The first-order valence-corrected chi connectivity index (χ1v) is 8.69. The Morgan fingerprint density at radius 3 is 2.85 bits per heavy atom. The van der Waals surface area contributed by atoms with Crippen molar-refractivity contribution in [3.63, 3.8) is 0 Å². The van der Waals surface area contributed by atoms with E-state index >= 15 is 0 Å². The number of nitrogens with zero attached hydrogens (tertiary/aromatic N) is 5. The van der Waals surface area contributed by atoms with E-state index < -0.39 is 23.6 Å². The second-order valence-corrected chi connectivity index (χ2v) is 6.05. The minimum Gasteiger partial charge on any atom is -0.370 e. The highest BCUT2D eigenvalue weighted by atomic mass is 32.2. The third-order valence-electron chi connectivity index (χ3n) is 2.75. The lowest BCUT2D eigenvalue weighted by molar-refractivity contribution is -0.463. The van der Waals surface area contributed by atoms with Gasteiger partial charge in [0.05, 0.1) is 5.75 Å². The van der Waals surface area contributed by atoms with Gasteiger partial charge in [-0.15, -0.1) is 0 Å². The fraction of sp³-hybridized carbons (Fsp3) is 0.538. The number of rotatable bonds is 9. The van der Waals surface area contributed by atoms with Crippen LogP contribution in [0.4, 0.5) is 19.0 Å². The monoisotopic (exact) mass is 408 g/mol.